The molecule has 0 radical (unpaired) electrons. The number of unbranched alkanes of at least 4 members (excludes halogenated alkanes) is 35. The normalized spacial score (nSPS) is 14.3. The molecule has 3 atom stereocenters. The highest BCUT2D eigenvalue weighted by Crippen LogP contribution is 2.38. The summed E-state index contributed by atoms with van der Waals surface area (Å²) >= 11 is 0. The van der Waals surface area contributed by atoms with Crippen LogP contribution in [-0.4, -0.2) is 68.5 Å². The minimum Gasteiger partial charge on any atom is -0.756 e. The van der Waals surface area contributed by atoms with E-state index in [1.165, 1.54) is 205 Å². The predicted octanol–water partition coefficient (Wildman–Crippen LogP) is 23.9. The van der Waals surface area contributed by atoms with Crippen LogP contribution in [0.1, 0.15) is 322 Å². The molecular formula is C81H143N2O6P. The van der Waals surface area contributed by atoms with E-state index in [-0.39, 0.29) is 12.5 Å². The highest BCUT2D eigenvalue weighted by Gasteiger charge is 2.23. The first-order chi connectivity index (χ1) is 44.0. The van der Waals surface area contributed by atoms with Crippen molar-refractivity contribution in [2.45, 2.75) is 334 Å². The van der Waals surface area contributed by atoms with Gasteiger partial charge in [-0.15, -0.1) is 0 Å². The number of aliphatic hydroxyl groups excluding tert-OH is 1. The minimum atomic E-state index is -4.63. The van der Waals surface area contributed by atoms with Crippen LogP contribution < -0.4 is 10.2 Å². The summed E-state index contributed by atoms with van der Waals surface area (Å²) in [5.41, 5.74) is 0. The summed E-state index contributed by atoms with van der Waals surface area (Å²) in [5.74, 6) is -0.213. The molecule has 0 bridgehead atoms. The summed E-state index contributed by atoms with van der Waals surface area (Å²) in [6, 6.07) is -0.920. The van der Waals surface area contributed by atoms with E-state index in [0.717, 1.165) is 96.3 Å². The van der Waals surface area contributed by atoms with E-state index in [1.54, 1.807) is 6.08 Å². The Kier molecular flexibility index (Phi) is 67.4. The summed E-state index contributed by atoms with van der Waals surface area (Å²) < 4.78 is 23.5. The van der Waals surface area contributed by atoms with E-state index < -0.39 is 26.6 Å². The van der Waals surface area contributed by atoms with Crippen molar-refractivity contribution in [3.05, 3.63) is 134 Å². The molecule has 1 amide bonds. The number of carbonyl (C=O) groups excluding carboxylic acids is 1. The van der Waals surface area contributed by atoms with Gasteiger partial charge in [-0.05, 0) is 109 Å². The van der Waals surface area contributed by atoms with Crippen molar-refractivity contribution in [3.63, 3.8) is 0 Å². The van der Waals surface area contributed by atoms with Gasteiger partial charge in [0.05, 0.1) is 39.9 Å². The average molecular weight is 1270 g/mol. The van der Waals surface area contributed by atoms with Gasteiger partial charge in [0.25, 0.3) is 7.82 Å². The van der Waals surface area contributed by atoms with Gasteiger partial charge in [-0.3, -0.25) is 9.36 Å². The number of quaternary nitrogens is 1. The third-order valence-corrected chi connectivity index (χ3v) is 17.3. The number of phosphoric acid groups is 1. The van der Waals surface area contributed by atoms with Crippen molar-refractivity contribution in [3.8, 4) is 0 Å². The second-order valence-electron chi connectivity index (χ2n) is 26.3. The molecule has 0 saturated heterocycles. The quantitative estimate of drug-likeness (QED) is 0.0272. The number of nitrogens with one attached hydrogen (secondary N) is 1. The fourth-order valence-corrected chi connectivity index (χ4v) is 11.3. The standard InChI is InChI=1S/C81H143N2O6P/c1-6-8-10-12-14-16-18-20-22-24-26-28-30-32-34-36-37-38-39-40-41-42-43-44-45-47-49-51-53-55-57-59-61-63-65-67-69-71-73-75-81(85)82-79(78-89-90(86,87)88-77-76-83(3,4)5)80(84)74-72-70-68-66-64-62-60-58-56-54-52-50-48-46-35-33-31-29-27-25-23-21-19-17-15-13-11-9-7-2/h8,10,14,16,20,22,26,28,32,34,37-38,40-41,43-44,56,58,64,66,72,74,79-80,84H,6-7,9,11-13,15,17-19,21,23-25,27,29-31,33,35-36,39,42,45-55,57,59-63,65,67-71,73,75-78H2,1-5H3,(H-,82,85,86,87)/b10-8-,16-14-,22-20-,28-26-,34-32-,38-37-,41-40-,44-43-,58-56+,66-64+,74-72+. The van der Waals surface area contributed by atoms with Crippen LogP contribution in [0.4, 0.5) is 0 Å². The third-order valence-electron chi connectivity index (χ3n) is 16.3. The smallest absolute Gasteiger partial charge is 0.268 e. The molecule has 0 rings (SSSR count). The van der Waals surface area contributed by atoms with Crippen molar-refractivity contribution < 1.29 is 32.9 Å². The Morgan fingerprint density at radius 3 is 1.03 bits per heavy atom. The first kappa shape index (κ1) is 86.6. The summed E-state index contributed by atoms with van der Waals surface area (Å²) in [7, 11) is 1.23. The van der Waals surface area contributed by atoms with Gasteiger partial charge in [0, 0.05) is 6.42 Å². The van der Waals surface area contributed by atoms with E-state index >= 15 is 0 Å². The Hall–Kier alpha value is -3.36. The lowest BCUT2D eigenvalue weighted by Crippen LogP contribution is -2.45. The van der Waals surface area contributed by atoms with Gasteiger partial charge in [-0.25, -0.2) is 0 Å². The van der Waals surface area contributed by atoms with Crippen molar-refractivity contribution in [2.24, 2.45) is 0 Å². The van der Waals surface area contributed by atoms with Crippen LogP contribution in [0, 0.1) is 0 Å². The number of amides is 1. The summed E-state index contributed by atoms with van der Waals surface area (Å²) in [6.45, 7) is 4.53. The van der Waals surface area contributed by atoms with Crippen LogP contribution in [0.3, 0.4) is 0 Å². The van der Waals surface area contributed by atoms with Crippen LogP contribution >= 0.6 is 7.82 Å². The molecule has 0 spiro atoms. The fraction of sp³-hybridized carbons (Fsp3) is 0.716. The number of nitrogens with zero attached hydrogens (tertiary/aromatic N) is 1. The number of allylic oxidation sites excluding steroid dienone is 21. The van der Waals surface area contributed by atoms with Gasteiger partial charge in [0.15, 0.2) is 0 Å². The number of likely N-dealkylation sites (N-methyl/N-ethyl adjacent to an activating group) is 1. The van der Waals surface area contributed by atoms with Gasteiger partial charge in [-0.1, -0.05) is 340 Å². The Morgan fingerprint density at radius 2 is 0.689 bits per heavy atom. The van der Waals surface area contributed by atoms with E-state index in [4.69, 9.17) is 9.05 Å². The Morgan fingerprint density at radius 1 is 0.400 bits per heavy atom. The lowest BCUT2D eigenvalue weighted by atomic mass is 10.0. The molecule has 9 heteroatoms. The first-order valence-corrected chi connectivity index (χ1v) is 39.0. The van der Waals surface area contributed by atoms with E-state index in [9.17, 15) is 19.4 Å². The van der Waals surface area contributed by atoms with Gasteiger partial charge in [0.2, 0.25) is 5.91 Å². The van der Waals surface area contributed by atoms with Crippen LogP contribution in [0.15, 0.2) is 134 Å². The van der Waals surface area contributed by atoms with Crippen molar-refractivity contribution >= 4 is 13.7 Å². The third kappa shape index (κ3) is 72.1. The number of hydrogen-bond donors (Lipinski definition) is 2. The van der Waals surface area contributed by atoms with Gasteiger partial charge in [0.1, 0.15) is 13.2 Å². The Labute approximate surface area is 557 Å². The molecule has 0 aliphatic rings. The molecule has 0 aliphatic heterocycles. The van der Waals surface area contributed by atoms with Crippen LogP contribution in [-0.2, 0) is 18.4 Å². The molecule has 0 aromatic carbocycles. The van der Waals surface area contributed by atoms with Crippen molar-refractivity contribution in [2.75, 3.05) is 40.9 Å². The molecule has 8 nitrogen and oxygen atoms in total. The molecule has 0 heterocycles. The average Bonchev–Trinajstić information content (AvgIpc) is 3.72. The highest BCUT2D eigenvalue weighted by atomic mass is 31.2. The SMILES string of the molecule is CC/C=C\C/C=C\C/C=C\C/C=C\C/C=C\C/C=C\C/C=C\C/C=C\CCCCCCCCCCCCCCCCC(=O)NC(COP(=O)([O-])OCC[N+](C)(C)C)C(O)/C=C/CC/C=C/CC/C=C/CCCCCCCCCCCCCCCCCCCCC. The summed E-state index contributed by atoms with van der Waals surface area (Å²) in [5, 5.41) is 14.0. The van der Waals surface area contributed by atoms with Crippen LogP contribution in [0.25, 0.3) is 0 Å². The zero-order valence-electron chi connectivity index (χ0n) is 59.3. The number of carbonyl (C=O) groups is 1. The maximum absolute atomic E-state index is 13.1. The molecule has 3 unspecified atom stereocenters. The lowest BCUT2D eigenvalue weighted by Gasteiger charge is -2.29. The largest absolute Gasteiger partial charge is 0.756 e. The molecular weight excluding hydrogens is 1130 g/mol. The van der Waals surface area contributed by atoms with Crippen molar-refractivity contribution in [1.29, 1.82) is 0 Å². The molecule has 518 valence electrons. The molecule has 0 saturated carbocycles. The second kappa shape index (κ2) is 70.0. The Balaban J connectivity index is 4.11. The molecule has 0 aromatic heterocycles. The molecule has 0 fully saturated rings. The number of phosphoric ester groups is 1. The monoisotopic (exact) mass is 1270 g/mol. The lowest BCUT2D eigenvalue weighted by molar-refractivity contribution is -0.870. The molecule has 0 aliphatic carbocycles. The Bertz CT molecular complexity index is 1930. The topological polar surface area (TPSA) is 108 Å². The van der Waals surface area contributed by atoms with Gasteiger partial charge < -0.3 is 28.8 Å². The van der Waals surface area contributed by atoms with E-state index in [0.29, 0.717) is 17.4 Å². The number of hydrogen-bond acceptors (Lipinski definition) is 6. The summed E-state index contributed by atoms with van der Waals surface area (Å²) in [6.07, 6.45) is 106. The molecule has 2 N–H and O–H groups in total. The molecule has 90 heavy (non-hydrogen) atoms. The second-order valence-corrected chi connectivity index (χ2v) is 27.7. The fourth-order valence-electron chi connectivity index (χ4n) is 10.6. The minimum absolute atomic E-state index is 0.0139. The first-order valence-electron chi connectivity index (χ1n) is 37.5. The van der Waals surface area contributed by atoms with E-state index in [2.05, 4.69) is 141 Å². The predicted molar refractivity (Wildman–Crippen MR) is 394 cm³/mol. The molecule has 0 aromatic rings. The van der Waals surface area contributed by atoms with Gasteiger partial charge in [-0.2, -0.15) is 0 Å². The maximum atomic E-state index is 13.1. The highest BCUT2D eigenvalue weighted by molar-refractivity contribution is 7.45. The number of aliphatic hydroxyl groups is 1. The van der Waals surface area contributed by atoms with Crippen molar-refractivity contribution in [1.82, 2.24) is 5.32 Å². The zero-order chi connectivity index (χ0) is 65.5. The van der Waals surface area contributed by atoms with Gasteiger partial charge >= 0.3 is 0 Å². The zero-order valence-corrected chi connectivity index (χ0v) is 60.2. The van der Waals surface area contributed by atoms with Crippen LogP contribution in [0.2, 0.25) is 0 Å². The maximum Gasteiger partial charge on any atom is 0.268 e. The summed E-state index contributed by atoms with van der Waals surface area (Å²) in [4.78, 5) is 25.7. The van der Waals surface area contributed by atoms with Crippen LogP contribution in [0.5, 0.6) is 0 Å². The number of rotatable bonds is 68. The van der Waals surface area contributed by atoms with E-state index in [1.807, 2.05) is 27.2 Å².